The van der Waals surface area contributed by atoms with Gasteiger partial charge in [-0.2, -0.15) is 0 Å². The molecule has 1 aliphatic rings. The van der Waals surface area contributed by atoms with Gasteiger partial charge in [0.25, 0.3) is 5.91 Å². The third-order valence-electron chi connectivity index (χ3n) is 3.80. The van der Waals surface area contributed by atoms with Crippen LogP contribution >= 0.6 is 0 Å². The van der Waals surface area contributed by atoms with Crippen molar-refractivity contribution in [3.63, 3.8) is 0 Å². The second kappa shape index (κ2) is 6.47. The number of nitrogens with two attached hydrogens (primary N) is 1. The van der Waals surface area contributed by atoms with E-state index in [9.17, 15) is 9.59 Å². The smallest absolute Gasteiger partial charge is 0.251 e. The van der Waals surface area contributed by atoms with Crippen molar-refractivity contribution >= 4 is 23.2 Å². The van der Waals surface area contributed by atoms with Gasteiger partial charge in [0.2, 0.25) is 5.91 Å². The standard InChI is InChI=1S/C15H22N4O2/c1-11(20)18-6-3-7-19(9-8-18)14-10-12(15(21)17-2)4-5-13(14)16/h4-5,10H,3,6-9,16H2,1-2H3,(H,17,21). The van der Waals surface area contributed by atoms with Gasteiger partial charge < -0.3 is 20.9 Å². The first-order valence-electron chi connectivity index (χ1n) is 7.15. The fourth-order valence-electron chi connectivity index (χ4n) is 2.58. The van der Waals surface area contributed by atoms with E-state index < -0.39 is 0 Å². The molecule has 1 fully saturated rings. The number of carbonyl (C=O) groups excluding carboxylic acids is 2. The Morgan fingerprint density at radius 3 is 2.62 bits per heavy atom. The van der Waals surface area contributed by atoms with Crippen molar-refractivity contribution in [2.75, 3.05) is 43.9 Å². The predicted octanol–water partition coefficient (Wildman–Crippen LogP) is 0.687. The molecule has 21 heavy (non-hydrogen) atoms. The van der Waals surface area contributed by atoms with Crippen LogP contribution in [0.15, 0.2) is 18.2 Å². The van der Waals surface area contributed by atoms with Crippen molar-refractivity contribution in [3.8, 4) is 0 Å². The maximum atomic E-state index is 11.7. The molecule has 3 N–H and O–H groups in total. The lowest BCUT2D eigenvalue weighted by molar-refractivity contribution is -0.128. The minimum Gasteiger partial charge on any atom is -0.397 e. The number of rotatable bonds is 2. The SMILES string of the molecule is CNC(=O)c1ccc(N)c(N2CCCN(C(C)=O)CC2)c1. The molecule has 0 aliphatic carbocycles. The van der Waals surface area contributed by atoms with Crippen LogP contribution in [-0.4, -0.2) is 49.9 Å². The number of nitrogen functional groups attached to an aromatic ring is 1. The summed E-state index contributed by atoms with van der Waals surface area (Å²) in [5, 5.41) is 2.61. The Hall–Kier alpha value is -2.24. The summed E-state index contributed by atoms with van der Waals surface area (Å²) >= 11 is 0. The highest BCUT2D eigenvalue weighted by atomic mass is 16.2. The summed E-state index contributed by atoms with van der Waals surface area (Å²) in [4.78, 5) is 27.2. The van der Waals surface area contributed by atoms with Gasteiger partial charge in [0.05, 0.1) is 11.4 Å². The number of carbonyl (C=O) groups is 2. The van der Waals surface area contributed by atoms with Crippen LogP contribution in [0.25, 0.3) is 0 Å². The van der Waals surface area contributed by atoms with E-state index >= 15 is 0 Å². The summed E-state index contributed by atoms with van der Waals surface area (Å²) in [6.07, 6.45) is 0.892. The van der Waals surface area contributed by atoms with E-state index in [1.165, 1.54) is 0 Å². The second-order valence-corrected chi connectivity index (χ2v) is 5.20. The van der Waals surface area contributed by atoms with Crippen molar-refractivity contribution in [2.24, 2.45) is 0 Å². The summed E-state index contributed by atoms with van der Waals surface area (Å²) in [6.45, 7) is 4.59. The Morgan fingerprint density at radius 1 is 1.19 bits per heavy atom. The van der Waals surface area contributed by atoms with E-state index in [-0.39, 0.29) is 11.8 Å². The maximum absolute atomic E-state index is 11.7. The van der Waals surface area contributed by atoms with Crippen molar-refractivity contribution in [3.05, 3.63) is 23.8 Å². The zero-order valence-corrected chi connectivity index (χ0v) is 12.6. The molecule has 114 valence electrons. The van der Waals surface area contributed by atoms with Gasteiger partial charge in [0, 0.05) is 45.7 Å². The highest BCUT2D eigenvalue weighted by molar-refractivity contribution is 5.96. The lowest BCUT2D eigenvalue weighted by atomic mass is 10.1. The van der Waals surface area contributed by atoms with E-state index in [0.717, 1.165) is 31.7 Å². The van der Waals surface area contributed by atoms with Crippen LogP contribution in [0.3, 0.4) is 0 Å². The zero-order chi connectivity index (χ0) is 15.4. The molecule has 0 bridgehead atoms. The molecule has 1 heterocycles. The summed E-state index contributed by atoms with van der Waals surface area (Å²) in [6, 6.07) is 5.29. The van der Waals surface area contributed by atoms with E-state index in [4.69, 9.17) is 5.73 Å². The van der Waals surface area contributed by atoms with Crippen LogP contribution in [-0.2, 0) is 4.79 Å². The minimum absolute atomic E-state index is 0.101. The van der Waals surface area contributed by atoms with Gasteiger partial charge in [-0.15, -0.1) is 0 Å². The largest absolute Gasteiger partial charge is 0.397 e. The molecule has 1 aliphatic heterocycles. The Bertz CT molecular complexity index is 544. The van der Waals surface area contributed by atoms with Gasteiger partial charge in [0.15, 0.2) is 0 Å². The molecule has 0 saturated carbocycles. The van der Waals surface area contributed by atoms with E-state index in [2.05, 4.69) is 10.2 Å². The Labute approximate surface area is 124 Å². The number of nitrogens with zero attached hydrogens (tertiary/aromatic N) is 2. The van der Waals surface area contributed by atoms with Crippen molar-refractivity contribution in [1.29, 1.82) is 0 Å². The van der Waals surface area contributed by atoms with Crippen molar-refractivity contribution in [1.82, 2.24) is 10.2 Å². The van der Waals surface area contributed by atoms with Gasteiger partial charge in [-0.05, 0) is 24.6 Å². The third kappa shape index (κ3) is 3.45. The number of hydrogen-bond acceptors (Lipinski definition) is 4. The topological polar surface area (TPSA) is 78.7 Å². The van der Waals surface area contributed by atoms with Crippen LogP contribution in [0.4, 0.5) is 11.4 Å². The molecular weight excluding hydrogens is 268 g/mol. The van der Waals surface area contributed by atoms with Crippen molar-refractivity contribution < 1.29 is 9.59 Å². The van der Waals surface area contributed by atoms with Gasteiger partial charge in [-0.3, -0.25) is 9.59 Å². The fraction of sp³-hybridized carbons (Fsp3) is 0.467. The Kier molecular flexibility index (Phi) is 4.67. The van der Waals surface area contributed by atoms with Gasteiger partial charge in [-0.25, -0.2) is 0 Å². The van der Waals surface area contributed by atoms with Crippen LogP contribution in [0.5, 0.6) is 0 Å². The lowest BCUT2D eigenvalue weighted by Crippen LogP contribution is -2.34. The summed E-state index contributed by atoms with van der Waals surface area (Å²) < 4.78 is 0. The monoisotopic (exact) mass is 290 g/mol. The van der Waals surface area contributed by atoms with E-state index in [1.54, 1.807) is 26.1 Å². The summed E-state index contributed by atoms with van der Waals surface area (Å²) in [5.41, 5.74) is 8.16. The molecule has 2 amide bonds. The molecule has 0 spiro atoms. The summed E-state index contributed by atoms with van der Waals surface area (Å²) in [7, 11) is 1.61. The first kappa shape index (κ1) is 15.2. The molecule has 6 nitrogen and oxygen atoms in total. The van der Waals surface area contributed by atoms with Crippen LogP contribution in [0, 0.1) is 0 Å². The first-order valence-corrected chi connectivity index (χ1v) is 7.15. The zero-order valence-electron chi connectivity index (χ0n) is 12.6. The van der Waals surface area contributed by atoms with Crippen molar-refractivity contribution in [2.45, 2.75) is 13.3 Å². The van der Waals surface area contributed by atoms with Gasteiger partial charge in [0.1, 0.15) is 0 Å². The average Bonchev–Trinajstić information content (AvgIpc) is 2.73. The van der Waals surface area contributed by atoms with E-state index in [1.807, 2.05) is 11.0 Å². The van der Waals surface area contributed by atoms with Gasteiger partial charge in [-0.1, -0.05) is 0 Å². The maximum Gasteiger partial charge on any atom is 0.251 e. The third-order valence-corrected chi connectivity index (χ3v) is 3.80. The molecule has 0 aromatic heterocycles. The van der Waals surface area contributed by atoms with E-state index in [0.29, 0.717) is 17.8 Å². The molecular formula is C15H22N4O2. The molecule has 0 atom stereocenters. The number of amides is 2. The van der Waals surface area contributed by atoms with Gasteiger partial charge >= 0.3 is 0 Å². The highest BCUT2D eigenvalue weighted by Crippen LogP contribution is 2.25. The van der Waals surface area contributed by atoms with Crippen LogP contribution < -0.4 is 16.0 Å². The minimum atomic E-state index is -0.128. The predicted molar refractivity (Wildman–Crippen MR) is 83.3 cm³/mol. The quantitative estimate of drug-likeness (QED) is 0.785. The fourth-order valence-corrected chi connectivity index (χ4v) is 2.58. The molecule has 0 unspecified atom stereocenters. The number of benzene rings is 1. The molecule has 1 aromatic rings. The average molecular weight is 290 g/mol. The first-order chi connectivity index (χ1) is 10.0. The molecule has 2 rings (SSSR count). The number of anilines is 2. The molecule has 1 aromatic carbocycles. The Morgan fingerprint density at radius 2 is 1.95 bits per heavy atom. The second-order valence-electron chi connectivity index (χ2n) is 5.20. The lowest BCUT2D eigenvalue weighted by Gasteiger charge is -2.25. The molecule has 6 heteroatoms. The van der Waals surface area contributed by atoms with Crippen LogP contribution in [0.2, 0.25) is 0 Å². The summed E-state index contributed by atoms with van der Waals surface area (Å²) in [5.74, 6) is -0.0274. The highest BCUT2D eigenvalue weighted by Gasteiger charge is 2.19. The van der Waals surface area contributed by atoms with Crippen LogP contribution in [0.1, 0.15) is 23.7 Å². The molecule has 1 saturated heterocycles. The number of hydrogen-bond donors (Lipinski definition) is 2. The normalized spacial score (nSPS) is 15.5. The molecule has 0 radical (unpaired) electrons. The number of nitrogens with one attached hydrogen (secondary N) is 1. The Balaban J connectivity index is 2.21.